The van der Waals surface area contributed by atoms with Crippen LogP contribution < -0.4 is 5.32 Å². The lowest BCUT2D eigenvalue weighted by molar-refractivity contribution is 0.0765. The van der Waals surface area contributed by atoms with Crippen molar-refractivity contribution in [3.05, 3.63) is 30.1 Å². The lowest BCUT2D eigenvalue weighted by Crippen LogP contribution is -2.39. The summed E-state index contributed by atoms with van der Waals surface area (Å²) in [4.78, 5) is 21.5. The van der Waals surface area contributed by atoms with Crippen LogP contribution in [0.1, 0.15) is 23.2 Å². The first-order valence-electron chi connectivity index (χ1n) is 7.13. The van der Waals surface area contributed by atoms with Crippen molar-refractivity contribution < 1.29 is 4.79 Å². The van der Waals surface area contributed by atoms with Crippen LogP contribution in [0.4, 0.5) is 0 Å². The number of fused-ring (bicyclic) bond motifs is 1. The molecule has 2 N–H and O–H groups in total. The third-order valence-corrected chi connectivity index (χ3v) is 3.94. The fourth-order valence-corrected chi connectivity index (χ4v) is 2.84. The third kappa shape index (κ3) is 2.67. The summed E-state index contributed by atoms with van der Waals surface area (Å²) in [6.45, 7) is 2.93. The molecule has 3 rings (SSSR count). The van der Waals surface area contributed by atoms with Crippen LogP contribution >= 0.6 is 0 Å². The van der Waals surface area contributed by atoms with E-state index in [2.05, 4.69) is 15.3 Å². The highest BCUT2D eigenvalue weighted by Gasteiger charge is 2.19. The second-order valence-corrected chi connectivity index (χ2v) is 5.53. The van der Waals surface area contributed by atoms with Gasteiger partial charge in [0.15, 0.2) is 0 Å². The number of carbonyl (C=O) groups excluding carboxylic acids is 1. The third-order valence-electron chi connectivity index (χ3n) is 3.94. The van der Waals surface area contributed by atoms with Crippen LogP contribution in [0.15, 0.2) is 24.5 Å². The number of carbonyl (C=O) groups is 1. The number of H-pyrrole nitrogens is 1. The summed E-state index contributed by atoms with van der Waals surface area (Å²) < 4.78 is 0. The Morgan fingerprint density at radius 1 is 1.50 bits per heavy atom. The second kappa shape index (κ2) is 5.63. The summed E-state index contributed by atoms with van der Waals surface area (Å²) in [6, 6.07) is 5.61. The second-order valence-electron chi connectivity index (χ2n) is 5.53. The number of aromatic nitrogens is 2. The molecule has 5 heteroatoms. The molecular formula is C15H20N4O. The monoisotopic (exact) mass is 272 g/mol. The van der Waals surface area contributed by atoms with E-state index in [0.29, 0.717) is 11.5 Å². The number of piperidine rings is 1. The van der Waals surface area contributed by atoms with Crippen molar-refractivity contribution in [3.63, 3.8) is 0 Å². The molecule has 2 aromatic rings. The molecule has 5 nitrogen and oxygen atoms in total. The molecule has 106 valence electrons. The van der Waals surface area contributed by atoms with Gasteiger partial charge in [0.2, 0.25) is 0 Å². The lowest BCUT2D eigenvalue weighted by atomic mass is 9.99. The minimum atomic E-state index is 0.0760. The molecule has 0 radical (unpaired) electrons. The Kier molecular flexibility index (Phi) is 3.69. The van der Waals surface area contributed by atoms with Crippen LogP contribution in [0.25, 0.3) is 11.0 Å². The SMILES string of the molecule is CN(CC1CCCNC1)C(=O)c1ccc2nc[nH]c2c1. The van der Waals surface area contributed by atoms with Crippen molar-refractivity contribution in [2.24, 2.45) is 5.92 Å². The average molecular weight is 272 g/mol. The van der Waals surface area contributed by atoms with Gasteiger partial charge in [-0.05, 0) is 50.0 Å². The maximum atomic E-state index is 12.5. The highest BCUT2D eigenvalue weighted by Crippen LogP contribution is 2.15. The summed E-state index contributed by atoms with van der Waals surface area (Å²) in [5.41, 5.74) is 2.51. The van der Waals surface area contributed by atoms with Crippen LogP contribution in [-0.2, 0) is 0 Å². The van der Waals surface area contributed by atoms with Crippen LogP contribution in [-0.4, -0.2) is 47.5 Å². The van der Waals surface area contributed by atoms with Gasteiger partial charge >= 0.3 is 0 Å². The molecular weight excluding hydrogens is 252 g/mol. The van der Waals surface area contributed by atoms with Gasteiger partial charge in [-0.2, -0.15) is 0 Å². The van der Waals surface area contributed by atoms with E-state index < -0.39 is 0 Å². The first kappa shape index (κ1) is 13.1. The van der Waals surface area contributed by atoms with Gasteiger partial charge in [-0.25, -0.2) is 4.98 Å². The van der Waals surface area contributed by atoms with E-state index >= 15 is 0 Å². The molecule has 0 spiro atoms. The molecule has 0 saturated carbocycles. The molecule has 1 aromatic heterocycles. The number of imidazole rings is 1. The van der Waals surface area contributed by atoms with E-state index in [1.165, 1.54) is 12.8 Å². The number of hydrogen-bond acceptors (Lipinski definition) is 3. The number of nitrogens with zero attached hydrogens (tertiary/aromatic N) is 2. The number of benzene rings is 1. The quantitative estimate of drug-likeness (QED) is 0.893. The van der Waals surface area contributed by atoms with E-state index in [1.54, 1.807) is 6.33 Å². The van der Waals surface area contributed by atoms with E-state index in [9.17, 15) is 4.79 Å². The molecule has 1 unspecified atom stereocenters. The van der Waals surface area contributed by atoms with Crippen molar-refractivity contribution in [2.45, 2.75) is 12.8 Å². The standard InChI is InChI=1S/C15H20N4O/c1-19(9-11-3-2-6-16-8-11)15(20)12-4-5-13-14(7-12)18-10-17-13/h4-5,7,10-11,16H,2-3,6,8-9H2,1H3,(H,17,18). The first-order valence-corrected chi connectivity index (χ1v) is 7.13. The Bertz CT molecular complexity index is 601. The van der Waals surface area contributed by atoms with Gasteiger partial charge in [-0.15, -0.1) is 0 Å². The van der Waals surface area contributed by atoms with E-state index in [-0.39, 0.29) is 5.91 Å². The zero-order chi connectivity index (χ0) is 13.9. The highest BCUT2D eigenvalue weighted by molar-refractivity contribution is 5.97. The van der Waals surface area contributed by atoms with Gasteiger partial charge in [0.1, 0.15) is 0 Å². The summed E-state index contributed by atoms with van der Waals surface area (Å²) in [5, 5.41) is 3.39. The van der Waals surface area contributed by atoms with Crippen LogP contribution in [0.5, 0.6) is 0 Å². The van der Waals surface area contributed by atoms with Gasteiger partial charge in [0, 0.05) is 19.2 Å². The van der Waals surface area contributed by atoms with Crippen molar-refractivity contribution in [1.82, 2.24) is 20.2 Å². The summed E-state index contributed by atoms with van der Waals surface area (Å²) in [6.07, 6.45) is 4.05. The Balaban J connectivity index is 1.70. The Morgan fingerprint density at radius 2 is 2.40 bits per heavy atom. The summed E-state index contributed by atoms with van der Waals surface area (Å²) in [5.74, 6) is 0.639. The predicted octanol–water partition coefficient (Wildman–Crippen LogP) is 1.63. The molecule has 1 aliphatic heterocycles. The minimum Gasteiger partial charge on any atom is -0.345 e. The zero-order valence-electron chi connectivity index (χ0n) is 11.7. The fraction of sp³-hybridized carbons (Fsp3) is 0.467. The van der Waals surface area contributed by atoms with Gasteiger partial charge < -0.3 is 15.2 Å². The first-order chi connectivity index (χ1) is 9.74. The van der Waals surface area contributed by atoms with Gasteiger partial charge in [-0.3, -0.25) is 4.79 Å². The Labute approximate surface area is 118 Å². The van der Waals surface area contributed by atoms with Gasteiger partial charge in [0.25, 0.3) is 5.91 Å². The number of rotatable bonds is 3. The van der Waals surface area contributed by atoms with Crippen LogP contribution in [0, 0.1) is 5.92 Å². The summed E-state index contributed by atoms with van der Waals surface area (Å²) in [7, 11) is 1.88. The van der Waals surface area contributed by atoms with E-state index in [4.69, 9.17) is 0 Å². The largest absolute Gasteiger partial charge is 0.345 e. The topological polar surface area (TPSA) is 61.0 Å². The number of hydrogen-bond donors (Lipinski definition) is 2. The molecule has 20 heavy (non-hydrogen) atoms. The maximum Gasteiger partial charge on any atom is 0.253 e. The molecule has 1 saturated heterocycles. The van der Waals surface area contributed by atoms with Crippen LogP contribution in [0.3, 0.4) is 0 Å². The molecule has 2 heterocycles. The fourth-order valence-electron chi connectivity index (χ4n) is 2.84. The smallest absolute Gasteiger partial charge is 0.253 e. The molecule has 1 fully saturated rings. The molecule has 1 amide bonds. The Morgan fingerprint density at radius 3 is 3.20 bits per heavy atom. The van der Waals surface area contributed by atoms with Gasteiger partial charge in [-0.1, -0.05) is 0 Å². The highest BCUT2D eigenvalue weighted by atomic mass is 16.2. The van der Waals surface area contributed by atoms with Crippen molar-refractivity contribution >= 4 is 16.9 Å². The van der Waals surface area contributed by atoms with E-state index in [0.717, 1.165) is 30.7 Å². The van der Waals surface area contributed by atoms with Gasteiger partial charge in [0.05, 0.1) is 17.4 Å². The van der Waals surface area contributed by atoms with Crippen molar-refractivity contribution in [2.75, 3.05) is 26.7 Å². The normalized spacial score (nSPS) is 19.1. The minimum absolute atomic E-state index is 0.0760. The Hall–Kier alpha value is -1.88. The van der Waals surface area contributed by atoms with Crippen molar-refractivity contribution in [1.29, 1.82) is 0 Å². The number of amides is 1. The van der Waals surface area contributed by atoms with E-state index in [1.807, 2.05) is 30.1 Å². The number of aromatic amines is 1. The lowest BCUT2D eigenvalue weighted by Gasteiger charge is -2.27. The van der Waals surface area contributed by atoms with Crippen molar-refractivity contribution in [3.8, 4) is 0 Å². The maximum absolute atomic E-state index is 12.5. The molecule has 0 aliphatic carbocycles. The molecule has 1 aliphatic rings. The summed E-state index contributed by atoms with van der Waals surface area (Å²) >= 11 is 0. The number of nitrogens with one attached hydrogen (secondary N) is 2. The molecule has 1 aromatic carbocycles. The van der Waals surface area contributed by atoms with Crippen LogP contribution in [0.2, 0.25) is 0 Å². The predicted molar refractivity (Wildman–Crippen MR) is 78.6 cm³/mol. The average Bonchev–Trinajstić information content (AvgIpc) is 2.94. The molecule has 1 atom stereocenters. The zero-order valence-corrected chi connectivity index (χ0v) is 11.7. The molecule has 0 bridgehead atoms.